The van der Waals surface area contributed by atoms with E-state index >= 15 is 0 Å². The third-order valence-corrected chi connectivity index (χ3v) is 5.06. The molecule has 1 N–H and O–H groups in total. The lowest BCUT2D eigenvalue weighted by atomic mass is 10.1. The van der Waals surface area contributed by atoms with Gasteiger partial charge in [-0.15, -0.1) is 0 Å². The molecule has 3 amide bonds. The Morgan fingerprint density at radius 1 is 1.08 bits per heavy atom. The van der Waals surface area contributed by atoms with Crippen LogP contribution in [0.3, 0.4) is 0 Å². The Morgan fingerprint density at radius 2 is 1.77 bits per heavy atom. The van der Waals surface area contributed by atoms with E-state index in [0.717, 1.165) is 26.1 Å². The topological polar surface area (TPSA) is 65.1 Å². The Bertz CT molecular complexity index is 602. The maximum Gasteiger partial charge on any atom is 0.317 e. The van der Waals surface area contributed by atoms with Crippen molar-refractivity contribution in [3.8, 4) is 5.75 Å². The molecule has 2 aliphatic rings. The quantitative estimate of drug-likeness (QED) is 0.846. The molecule has 7 heteroatoms. The van der Waals surface area contributed by atoms with Crippen LogP contribution in [0, 0.1) is 5.92 Å². The van der Waals surface area contributed by atoms with E-state index in [0.29, 0.717) is 37.8 Å². The zero-order chi connectivity index (χ0) is 18.4. The zero-order valence-electron chi connectivity index (χ0n) is 15.4. The third-order valence-electron chi connectivity index (χ3n) is 5.06. The summed E-state index contributed by atoms with van der Waals surface area (Å²) in [4.78, 5) is 30.4. The number of para-hydroxylation sites is 1. The summed E-state index contributed by atoms with van der Waals surface area (Å²) >= 11 is 0. The number of likely N-dealkylation sites (tertiary alicyclic amines) is 1. The van der Waals surface area contributed by atoms with Crippen LogP contribution in [0.25, 0.3) is 0 Å². The van der Waals surface area contributed by atoms with Crippen molar-refractivity contribution >= 4 is 11.9 Å². The van der Waals surface area contributed by atoms with E-state index in [-0.39, 0.29) is 18.5 Å². The maximum absolute atomic E-state index is 12.3. The molecule has 0 unspecified atom stereocenters. The summed E-state index contributed by atoms with van der Waals surface area (Å²) in [7, 11) is 2.11. The van der Waals surface area contributed by atoms with Crippen LogP contribution in [-0.2, 0) is 4.79 Å². The molecule has 7 nitrogen and oxygen atoms in total. The van der Waals surface area contributed by atoms with Gasteiger partial charge >= 0.3 is 6.03 Å². The summed E-state index contributed by atoms with van der Waals surface area (Å²) < 4.78 is 5.51. The molecular formula is C19H28N4O3. The van der Waals surface area contributed by atoms with Crippen molar-refractivity contribution in [1.29, 1.82) is 0 Å². The Kier molecular flexibility index (Phi) is 6.33. The van der Waals surface area contributed by atoms with Crippen molar-refractivity contribution in [1.82, 2.24) is 20.0 Å². The molecule has 1 aromatic carbocycles. The minimum atomic E-state index is -0.0390. The summed E-state index contributed by atoms with van der Waals surface area (Å²) in [5.41, 5.74) is 0. The molecule has 2 saturated heterocycles. The van der Waals surface area contributed by atoms with Gasteiger partial charge in [0.25, 0.3) is 5.91 Å². The molecule has 142 valence electrons. The first kappa shape index (κ1) is 18.5. The van der Waals surface area contributed by atoms with Crippen molar-refractivity contribution < 1.29 is 14.3 Å². The largest absolute Gasteiger partial charge is 0.484 e. The molecule has 1 aromatic rings. The first-order valence-electron chi connectivity index (χ1n) is 9.29. The van der Waals surface area contributed by atoms with Crippen LogP contribution in [0.2, 0.25) is 0 Å². The van der Waals surface area contributed by atoms with Crippen molar-refractivity contribution in [2.24, 2.45) is 5.92 Å². The van der Waals surface area contributed by atoms with Crippen LogP contribution in [0.5, 0.6) is 5.75 Å². The average molecular weight is 360 g/mol. The second-order valence-corrected chi connectivity index (χ2v) is 7.07. The second kappa shape index (κ2) is 8.89. The Labute approximate surface area is 154 Å². The van der Waals surface area contributed by atoms with Crippen LogP contribution in [-0.4, -0.2) is 86.1 Å². The van der Waals surface area contributed by atoms with Gasteiger partial charge in [0.15, 0.2) is 6.61 Å². The molecule has 26 heavy (non-hydrogen) atoms. The number of benzene rings is 1. The van der Waals surface area contributed by atoms with Crippen molar-refractivity contribution in [2.45, 2.75) is 6.42 Å². The van der Waals surface area contributed by atoms with Gasteiger partial charge in [0, 0.05) is 39.3 Å². The van der Waals surface area contributed by atoms with E-state index < -0.39 is 0 Å². The fourth-order valence-corrected chi connectivity index (χ4v) is 3.45. The average Bonchev–Trinajstić information content (AvgIpc) is 3.10. The number of carbonyl (C=O) groups excluding carboxylic acids is 2. The predicted octanol–water partition coefficient (Wildman–Crippen LogP) is 0.871. The van der Waals surface area contributed by atoms with Gasteiger partial charge in [-0.05, 0) is 38.1 Å². The van der Waals surface area contributed by atoms with E-state index in [1.807, 2.05) is 30.3 Å². The van der Waals surface area contributed by atoms with Crippen LogP contribution < -0.4 is 10.1 Å². The lowest BCUT2D eigenvalue weighted by Crippen LogP contribution is -2.54. The molecule has 0 aromatic heterocycles. The van der Waals surface area contributed by atoms with E-state index in [9.17, 15) is 9.59 Å². The summed E-state index contributed by atoms with van der Waals surface area (Å²) in [6.07, 6.45) is 1.14. The number of amides is 3. The van der Waals surface area contributed by atoms with Gasteiger partial charge in [-0.3, -0.25) is 4.79 Å². The van der Waals surface area contributed by atoms with Crippen molar-refractivity contribution in [3.63, 3.8) is 0 Å². The number of piperazine rings is 1. The van der Waals surface area contributed by atoms with Gasteiger partial charge in [0.1, 0.15) is 5.75 Å². The molecule has 2 heterocycles. The second-order valence-electron chi connectivity index (χ2n) is 7.07. The molecule has 2 fully saturated rings. The van der Waals surface area contributed by atoms with Crippen LogP contribution in [0.1, 0.15) is 6.42 Å². The highest BCUT2D eigenvalue weighted by Crippen LogP contribution is 2.13. The highest BCUT2D eigenvalue weighted by atomic mass is 16.5. The SMILES string of the molecule is CN1CC[C@H](CNC(=O)N2CCN(C(=O)COc3ccccc3)CC2)C1. The number of hydrogen-bond acceptors (Lipinski definition) is 4. The van der Waals surface area contributed by atoms with E-state index in [1.54, 1.807) is 9.80 Å². The van der Waals surface area contributed by atoms with Crippen molar-refractivity contribution in [3.05, 3.63) is 30.3 Å². The number of urea groups is 1. The van der Waals surface area contributed by atoms with E-state index in [2.05, 4.69) is 17.3 Å². The maximum atomic E-state index is 12.3. The summed E-state index contributed by atoms with van der Waals surface area (Å²) in [6.45, 7) is 5.14. The predicted molar refractivity (Wildman–Crippen MR) is 99.1 cm³/mol. The zero-order valence-corrected chi connectivity index (χ0v) is 15.4. The normalized spacial score (nSPS) is 20.9. The summed E-state index contributed by atoms with van der Waals surface area (Å²) in [5.74, 6) is 1.20. The summed E-state index contributed by atoms with van der Waals surface area (Å²) in [5, 5.41) is 3.04. The Hall–Kier alpha value is -2.28. The Morgan fingerprint density at radius 3 is 2.42 bits per heavy atom. The fourth-order valence-electron chi connectivity index (χ4n) is 3.45. The molecule has 0 saturated carbocycles. The third kappa shape index (κ3) is 5.11. The molecule has 0 radical (unpaired) electrons. The molecular weight excluding hydrogens is 332 g/mol. The molecule has 2 aliphatic heterocycles. The number of hydrogen-bond donors (Lipinski definition) is 1. The highest BCUT2D eigenvalue weighted by molar-refractivity contribution is 5.79. The fraction of sp³-hybridized carbons (Fsp3) is 0.579. The number of rotatable bonds is 5. The highest BCUT2D eigenvalue weighted by Gasteiger charge is 2.25. The number of nitrogens with one attached hydrogen (secondary N) is 1. The van der Waals surface area contributed by atoms with Crippen LogP contribution in [0.15, 0.2) is 30.3 Å². The minimum Gasteiger partial charge on any atom is -0.484 e. The number of carbonyl (C=O) groups is 2. The molecule has 1 atom stereocenters. The summed E-state index contributed by atoms with van der Waals surface area (Å²) in [6, 6.07) is 9.30. The van der Waals surface area contributed by atoms with Gasteiger partial charge in [-0.1, -0.05) is 18.2 Å². The first-order chi connectivity index (χ1) is 12.6. The van der Waals surface area contributed by atoms with Crippen molar-refractivity contribution in [2.75, 3.05) is 59.5 Å². The monoisotopic (exact) mass is 360 g/mol. The lowest BCUT2D eigenvalue weighted by molar-refractivity contribution is -0.134. The van der Waals surface area contributed by atoms with E-state index in [1.165, 1.54) is 0 Å². The van der Waals surface area contributed by atoms with Gasteiger partial charge < -0.3 is 24.8 Å². The smallest absolute Gasteiger partial charge is 0.317 e. The van der Waals surface area contributed by atoms with Gasteiger partial charge in [0.2, 0.25) is 0 Å². The minimum absolute atomic E-state index is 0.0211. The van der Waals surface area contributed by atoms with Gasteiger partial charge in [-0.2, -0.15) is 0 Å². The first-order valence-corrected chi connectivity index (χ1v) is 9.29. The number of nitrogens with zero attached hydrogens (tertiary/aromatic N) is 3. The Balaban J connectivity index is 1.35. The van der Waals surface area contributed by atoms with Crippen LogP contribution in [0.4, 0.5) is 4.79 Å². The molecule has 0 bridgehead atoms. The lowest BCUT2D eigenvalue weighted by Gasteiger charge is -2.34. The van der Waals surface area contributed by atoms with Crippen LogP contribution >= 0.6 is 0 Å². The number of ether oxygens (including phenoxy) is 1. The van der Waals surface area contributed by atoms with E-state index in [4.69, 9.17) is 4.74 Å². The van der Waals surface area contributed by atoms with Gasteiger partial charge in [0.05, 0.1) is 0 Å². The molecule has 0 spiro atoms. The standard InChI is InChI=1S/C19H28N4O3/c1-21-8-7-16(14-21)13-20-19(25)23-11-9-22(10-12-23)18(24)15-26-17-5-3-2-4-6-17/h2-6,16H,7-15H2,1H3,(H,20,25)/t16-/m1/s1. The molecule has 3 rings (SSSR count). The van der Waals surface area contributed by atoms with Gasteiger partial charge in [-0.25, -0.2) is 4.79 Å². The molecule has 0 aliphatic carbocycles.